The van der Waals surface area contributed by atoms with Gasteiger partial charge in [0.25, 0.3) is 0 Å². The Hall–Kier alpha value is -1.33. The van der Waals surface area contributed by atoms with Crippen molar-refractivity contribution < 1.29 is 4.79 Å². The molecule has 1 aromatic carbocycles. The van der Waals surface area contributed by atoms with Crippen molar-refractivity contribution >= 4 is 34.1 Å². The molecule has 23 heavy (non-hydrogen) atoms. The van der Waals surface area contributed by atoms with Gasteiger partial charge in [0.05, 0.1) is 12.1 Å². The summed E-state index contributed by atoms with van der Waals surface area (Å²) in [5.74, 6) is 0.0142. The number of fused-ring (bicyclic) bond motifs is 1. The number of thiazole rings is 1. The predicted octanol–water partition coefficient (Wildman–Crippen LogP) is 4.70. The Labute approximate surface area is 145 Å². The molecule has 0 saturated heterocycles. The molecule has 0 unspecified atom stereocenters. The van der Waals surface area contributed by atoms with Crippen molar-refractivity contribution in [3.8, 4) is 0 Å². The summed E-state index contributed by atoms with van der Waals surface area (Å²) in [6.07, 6.45) is 5.01. The molecular weight excluding hydrogens is 324 g/mol. The standard InChI is InChI=1S/C18H22N2OS2/c1-12(2)22-14-9-7-13(8-10-14)11-17(21)20-18-19-15-5-3-4-6-16(15)23-18/h7-10,12H,3-6,11H2,1-2H3,(H,19,20,21). The molecule has 2 aromatic rings. The Balaban J connectivity index is 1.57. The molecule has 0 aliphatic heterocycles. The van der Waals surface area contributed by atoms with E-state index in [-0.39, 0.29) is 5.91 Å². The lowest BCUT2D eigenvalue weighted by atomic mass is 10.0. The Bertz CT molecular complexity index is 653. The number of aryl methyl sites for hydroxylation is 2. The number of hydrogen-bond donors (Lipinski definition) is 1. The smallest absolute Gasteiger partial charge is 0.230 e. The molecule has 0 fully saturated rings. The second kappa shape index (κ2) is 7.49. The molecule has 1 aromatic heterocycles. The van der Waals surface area contributed by atoms with Crippen molar-refractivity contribution in [3.63, 3.8) is 0 Å². The van der Waals surface area contributed by atoms with Crippen LogP contribution in [0.15, 0.2) is 29.2 Å². The highest BCUT2D eigenvalue weighted by Crippen LogP contribution is 2.29. The van der Waals surface area contributed by atoms with Crippen molar-refractivity contribution in [2.45, 2.75) is 56.1 Å². The first-order valence-corrected chi connectivity index (χ1v) is 9.84. The molecule has 5 heteroatoms. The second-order valence-electron chi connectivity index (χ2n) is 6.13. The minimum absolute atomic E-state index is 0.0142. The van der Waals surface area contributed by atoms with E-state index in [1.807, 2.05) is 23.9 Å². The highest BCUT2D eigenvalue weighted by atomic mass is 32.2. The minimum atomic E-state index is 0.0142. The summed E-state index contributed by atoms with van der Waals surface area (Å²) in [7, 11) is 0. The maximum atomic E-state index is 12.2. The second-order valence-corrected chi connectivity index (χ2v) is 8.87. The van der Waals surface area contributed by atoms with Gasteiger partial charge in [0.15, 0.2) is 5.13 Å². The van der Waals surface area contributed by atoms with Gasteiger partial charge in [-0.2, -0.15) is 0 Å². The van der Waals surface area contributed by atoms with E-state index in [9.17, 15) is 4.79 Å². The fourth-order valence-electron chi connectivity index (χ4n) is 2.71. The third-order valence-electron chi connectivity index (χ3n) is 3.75. The summed E-state index contributed by atoms with van der Waals surface area (Å²) >= 11 is 3.47. The number of thioether (sulfide) groups is 1. The van der Waals surface area contributed by atoms with Gasteiger partial charge >= 0.3 is 0 Å². The molecule has 0 spiro atoms. The van der Waals surface area contributed by atoms with Crippen LogP contribution >= 0.6 is 23.1 Å². The van der Waals surface area contributed by atoms with Crippen LogP contribution in [0.3, 0.4) is 0 Å². The number of nitrogens with zero attached hydrogens (tertiary/aromatic N) is 1. The van der Waals surface area contributed by atoms with Crippen LogP contribution in [0.4, 0.5) is 5.13 Å². The van der Waals surface area contributed by atoms with E-state index in [4.69, 9.17) is 0 Å². The fraction of sp³-hybridized carbons (Fsp3) is 0.444. The highest BCUT2D eigenvalue weighted by Gasteiger charge is 2.16. The molecule has 3 nitrogen and oxygen atoms in total. The van der Waals surface area contributed by atoms with E-state index in [2.05, 4.69) is 36.3 Å². The topological polar surface area (TPSA) is 42.0 Å². The zero-order valence-electron chi connectivity index (χ0n) is 13.6. The third-order valence-corrected chi connectivity index (χ3v) is 5.84. The molecule has 1 N–H and O–H groups in total. The van der Waals surface area contributed by atoms with Gasteiger partial charge in [0.2, 0.25) is 5.91 Å². The zero-order valence-corrected chi connectivity index (χ0v) is 15.2. The van der Waals surface area contributed by atoms with E-state index in [0.717, 1.165) is 23.5 Å². The summed E-state index contributed by atoms with van der Waals surface area (Å²) in [6.45, 7) is 4.36. The molecule has 0 saturated carbocycles. The molecule has 1 aliphatic rings. The first-order valence-electron chi connectivity index (χ1n) is 8.14. The van der Waals surface area contributed by atoms with Gasteiger partial charge in [-0.1, -0.05) is 26.0 Å². The molecule has 0 bridgehead atoms. The van der Waals surface area contributed by atoms with Crippen LogP contribution in [0, 0.1) is 0 Å². The summed E-state index contributed by atoms with van der Waals surface area (Å²) in [4.78, 5) is 19.4. The molecule has 1 aliphatic carbocycles. The molecule has 0 radical (unpaired) electrons. The van der Waals surface area contributed by atoms with Crippen molar-refractivity contribution in [1.82, 2.24) is 4.98 Å². The predicted molar refractivity (Wildman–Crippen MR) is 98.5 cm³/mol. The summed E-state index contributed by atoms with van der Waals surface area (Å²) in [5, 5.41) is 4.29. The van der Waals surface area contributed by atoms with Crippen LogP contribution < -0.4 is 5.32 Å². The van der Waals surface area contributed by atoms with Gasteiger partial charge in [-0.25, -0.2) is 4.98 Å². The number of rotatable bonds is 5. The number of nitrogens with one attached hydrogen (secondary N) is 1. The number of aromatic nitrogens is 1. The first kappa shape index (κ1) is 16.5. The van der Waals surface area contributed by atoms with E-state index in [1.165, 1.54) is 28.3 Å². The minimum Gasteiger partial charge on any atom is -0.302 e. The van der Waals surface area contributed by atoms with Crippen molar-refractivity contribution in [2.24, 2.45) is 0 Å². The summed E-state index contributed by atoms with van der Waals surface area (Å²) in [6, 6.07) is 8.26. The number of amides is 1. The van der Waals surface area contributed by atoms with Crippen LogP contribution in [0.25, 0.3) is 0 Å². The lowest BCUT2D eigenvalue weighted by Crippen LogP contribution is -2.14. The SMILES string of the molecule is CC(C)Sc1ccc(CC(=O)Nc2nc3c(s2)CCCC3)cc1. The van der Waals surface area contributed by atoms with Crippen LogP contribution in [0.5, 0.6) is 0 Å². The van der Waals surface area contributed by atoms with Crippen molar-refractivity contribution in [3.05, 3.63) is 40.4 Å². The van der Waals surface area contributed by atoms with E-state index in [0.29, 0.717) is 11.7 Å². The number of anilines is 1. The molecule has 122 valence electrons. The summed E-state index contributed by atoms with van der Waals surface area (Å²) < 4.78 is 0. The average molecular weight is 347 g/mol. The normalized spacial score (nSPS) is 13.9. The molecule has 1 amide bonds. The third kappa shape index (κ3) is 4.58. The van der Waals surface area contributed by atoms with Crippen LogP contribution in [0.2, 0.25) is 0 Å². The number of hydrogen-bond acceptors (Lipinski definition) is 4. The van der Waals surface area contributed by atoms with Crippen LogP contribution in [0.1, 0.15) is 42.8 Å². The molecule has 0 atom stereocenters. The van der Waals surface area contributed by atoms with Gasteiger partial charge in [0, 0.05) is 15.0 Å². The van der Waals surface area contributed by atoms with Crippen molar-refractivity contribution in [1.29, 1.82) is 0 Å². The molecule has 3 rings (SSSR count). The Morgan fingerprint density at radius 2 is 2.00 bits per heavy atom. The van der Waals surface area contributed by atoms with E-state index >= 15 is 0 Å². The number of benzene rings is 1. The lowest BCUT2D eigenvalue weighted by molar-refractivity contribution is -0.115. The van der Waals surface area contributed by atoms with Gasteiger partial charge in [-0.05, 0) is 43.4 Å². The Morgan fingerprint density at radius 1 is 1.26 bits per heavy atom. The van der Waals surface area contributed by atoms with Gasteiger partial charge in [0.1, 0.15) is 0 Å². The molecular formula is C18H22N2OS2. The quantitative estimate of drug-likeness (QED) is 0.798. The number of carbonyl (C=O) groups is 1. The Kier molecular flexibility index (Phi) is 5.38. The number of carbonyl (C=O) groups excluding carboxylic acids is 1. The molecule has 1 heterocycles. The largest absolute Gasteiger partial charge is 0.302 e. The lowest BCUT2D eigenvalue weighted by Gasteiger charge is -2.06. The monoisotopic (exact) mass is 346 g/mol. The van der Waals surface area contributed by atoms with E-state index < -0.39 is 0 Å². The van der Waals surface area contributed by atoms with Crippen LogP contribution in [-0.4, -0.2) is 16.1 Å². The highest BCUT2D eigenvalue weighted by molar-refractivity contribution is 7.99. The van der Waals surface area contributed by atoms with Gasteiger partial charge in [-0.3, -0.25) is 4.79 Å². The zero-order chi connectivity index (χ0) is 16.2. The summed E-state index contributed by atoms with van der Waals surface area (Å²) in [5.41, 5.74) is 2.23. The van der Waals surface area contributed by atoms with E-state index in [1.54, 1.807) is 11.3 Å². The van der Waals surface area contributed by atoms with Gasteiger partial charge in [-0.15, -0.1) is 23.1 Å². The Morgan fingerprint density at radius 3 is 2.70 bits per heavy atom. The maximum Gasteiger partial charge on any atom is 0.230 e. The van der Waals surface area contributed by atoms with Crippen molar-refractivity contribution in [2.75, 3.05) is 5.32 Å². The van der Waals surface area contributed by atoms with Crippen LogP contribution in [-0.2, 0) is 24.1 Å². The first-order chi connectivity index (χ1) is 11.1. The maximum absolute atomic E-state index is 12.2. The van der Waals surface area contributed by atoms with Gasteiger partial charge < -0.3 is 5.32 Å². The average Bonchev–Trinajstić information content (AvgIpc) is 2.90. The fourth-order valence-corrected chi connectivity index (χ4v) is 4.62.